The number of nitrogens with zero attached hydrogens (tertiary/aromatic N) is 3. The molecule has 5 nitrogen and oxygen atoms in total. The molecule has 2 heterocycles. The minimum Gasteiger partial charge on any atom is -0.465 e. The maximum atomic E-state index is 11.0. The van der Waals surface area contributed by atoms with Gasteiger partial charge in [0, 0.05) is 45.1 Å². The molecular weight excluding hydrogens is 302 g/mol. The first-order chi connectivity index (χ1) is 11.5. The lowest BCUT2D eigenvalue weighted by Crippen LogP contribution is -2.47. The van der Waals surface area contributed by atoms with Crippen LogP contribution >= 0.6 is 0 Å². The van der Waals surface area contributed by atoms with E-state index in [0.29, 0.717) is 13.1 Å². The van der Waals surface area contributed by atoms with E-state index < -0.39 is 6.09 Å². The van der Waals surface area contributed by atoms with Crippen LogP contribution in [0.2, 0.25) is 0 Å². The first-order valence-electron chi connectivity index (χ1n) is 8.25. The Kier molecular flexibility index (Phi) is 4.81. The molecule has 126 valence electrons. The van der Waals surface area contributed by atoms with Crippen LogP contribution in [0.25, 0.3) is 11.1 Å². The van der Waals surface area contributed by atoms with Crippen molar-refractivity contribution in [2.45, 2.75) is 20.4 Å². The zero-order valence-electron chi connectivity index (χ0n) is 14.2. The van der Waals surface area contributed by atoms with Crippen LogP contribution in [0, 0.1) is 13.8 Å². The van der Waals surface area contributed by atoms with Gasteiger partial charge < -0.3 is 10.0 Å². The number of amides is 1. The minimum atomic E-state index is -0.817. The van der Waals surface area contributed by atoms with Gasteiger partial charge >= 0.3 is 6.09 Å². The van der Waals surface area contributed by atoms with Gasteiger partial charge in [-0.05, 0) is 47.7 Å². The van der Waals surface area contributed by atoms with Gasteiger partial charge in [0.2, 0.25) is 0 Å². The summed E-state index contributed by atoms with van der Waals surface area (Å²) >= 11 is 0. The van der Waals surface area contributed by atoms with Crippen LogP contribution in [0.5, 0.6) is 0 Å². The van der Waals surface area contributed by atoms with E-state index >= 15 is 0 Å². The monoisotopic (exact) mass is 325 g/mol. The summed E-state index contributed by atoms with van der Waals surface area (Å²) in [6, 6.07) is 8.63. The predicted octanol–water partition coefficient (Wildman–Crippen LogP) is 3.16. The van der Waals surface area contributed by atoms with Gasteiger partial charge in [-0.1, -0.05) is 18.2 Å². The lowest BCUT2D eigenvalue weighted by atomic mass is 9.98. The number of carbonyl (C=O) groups is 1. The van der Waals surface area contributed by atoms with Crippen LogP contribution in [0.1, 0.15) is 16.7 Å². The normalized spacial score (nSPS) is 15.5. The van der Waals surface area contributed by atoms with Crippen LogP contribution in [-0.2, 0) is 6.54 Å². The molecule has 0 saturated carbocycles. The van der Waals surface area contributed by atoms with E-state index in [-0.39, 0.29) is 0 Å². The highest BCUT2D eigenvalue weighted by Crippen LogP contribution is 2.25. The lowest BCUT2D eigenvalue weighted by Gasteiger charge is -2.33. The second kappa shape index (κ2) is 7.01. The lowest BCUT2D eigenvalue weighted by molar-refractivity contribution is 0.103. The third-order valence-electron chi connectivity index (χ3n) is 4.71. The number of benzene rings is 1. The molecule has 0 aliphatic carbocycles. The predicted molar refractivity (Wildman–Crippen MR) is 94.0 cm³/mol. The molecule has 0 radical (unpaired) electrons. The van der Waals surface area contributed by atoms with E-state index in [1.165, 1.54) is 32.7 Å². The fourth-order valence-corrected chi connectivity index (χ4v) is 3.18. The highest BCUT2D eigenvalue weighted by atomic mass is 16.4. The van der Waals surface area contributed by atoms with E-state index in [1.54, 1.807) is 0 Å². The third kappa shape index (κ3) is 3.57. The topological polar surface area (TPSA) is 56.7 Å². The molecule has 0 spiro atoms. The van der Waals surface area contributed by atoms with Crippen molar-refractivity contribution in [2.24, 2.45) is 0 Å². The van der Waals surface area contributed by atoms with Crippen LogP contribution < -0.4 is 0 Å². The standard InChI is InChI=1S/C19H23N3O2/c1-14-11-16(18-5-6-20-12-15(18)2)3-4-17(14)13-21-7-9-22(10-8-21)19(23)24/h3-6,11-12H,7-10,13H2,1-2H3,(H,23,24). The Morgan fingerprint density at radius 1 is 1.12 bits per heavy atom. The summed E-state index contributed by atoms with van der Waals surface area (Å²) in [5, 5.41) is 9.02. The van der Waals surface area contributed by atoms with E-state index in [4.69, 9.17) is 5.11 Å². The summed E-state index contributed by atoms with van der Waals surface area (Å²) in [6.07, 6.45) is 2.90. The smallest absolute Gasteiger partial charge is 0.407 e. The molecule has 1 aliphatic rings. The Labute approximate surface area is 142 Å². The van der Waals surface area contributed by atoms with Gasteiger partial charge in [-0.2, -0.15) is 0 Å². The second-order valence-electron chi connectivity index (χ2n) is 6.38. The molecule has 0 atom stereocenters. The molecule has 3 rings (SSSR count). The molecular formula is C19H23N3O2. The molecule has 1 aromatic carbocycles. The molecule has 1 fully saturated rings. The number of rotatable bonds is 3. The highest BCUT2D eigenvalue weighted by Gasteiger charge is 2.20. The maximum Gasteiger partial charge on any atom is 0.407 e. The van der Waals surface area contributed by atoms with Crippen molar-refractivity contribution in [3.63, 3.8) is 0 Å². The fourth-order valence-electron chi connectivity index (χ4n) is 3.18. The SMILES string of the molecule is Cc1cc(-c2ccncc2C)ccc1CN1CCN(C(=O)O)CC1. The van der Waals surface area contributed by atoms with E-state index in [0.717, 1.165) is 19.6 Å². The van der Waals surface area contributed by atoms with E-state index in [2.05, 4.69) is 48.0 Å². The zero-order valence-corrected chi connectivity index (χ0v) is 14.2. The van der Waals surface area contributed by atoms with E-state index in [9.17, 15) is 4.79 Å². The number of aryl methyl sites for hydroxylation is 2. The second-order valence-corrected chi connectivity index (χ2v) is 6.38. The minimum absolute atomic E-state index is 0.586. The number of aromatic nitrogens is 1. The molecule has 1 N–H and O–H groups in total. The average molecular weight is 325 g/mol. The zero-order chi connectivity index (χ0) is 17.1. The summed E-state index contributed by atoms with van der Waals surface area (Å²) in [5.74, 6) is 0. The van der Waals surface area contributed by atoms with Gasteiger partial charge in [0.1, 0.15) is 0 Å². The number of pyridine rings is 1. The molecule has 0 unspecified atom stereocenters. The average Bonchev–Trinajstić information content (AvgIpc) is 2.58. The maximum absolute atomic E-state index is 11.0. The Morgan fingerprint density at radius 3 is 2.50 bits per heavy atom. The Balaban J connectivity index is 1.70. The van der Waals surface area contributed by atoms with Crippen LogP contribution in [-0.4, -0.2) is 52.2 Å². The Hall–Kier alpha value is -2.40. The quantitative estimate of drug-likeness (QED) is 0.942. The van der Waals surface area contributed by atoms with Gasteiger partial charge in [0.25, 0.3) is 0 Å². The number of piperazine rings is 1. The van der Waals surface area contributed by atoms with Crippen molar-refractivity contribution < 1.29 is 9.90 Å². The highest BCUT2D eigenvalue weighted by molar-refractivity contribution is 5.67. The number of hydrogen-bond donors (Lipinski definition) is 1. The summed E-state index contributed by atoms with van der Waals surface area (Å²) in [6.45, 7) is 7.84. The van der Waals surface area contributed by atoms with Gasteiger partial charge in [-0.25, -0.2) is 4.79 Å². The molecule has 24 heavy (non-hydrogen) atoms. The van der Waals surface area contributed by atoms with Gasteiger partial charge in [0.05, 0.1) is 0 Å². The van der Waals surface area contributed by atoms with Crippen LogP contribution in [0.3, 0.4) is 0 Å². The molecule has 5 heteroatoms. The molecule has 1 aliphatic heterocycles. The molecule has 0 bridgehead atoms. The summed E-state index contributed by atoms with van der Waals surface area (Å²) in [5.41, 5.74) is 6.18. The third-order valence-corrected chi connectivity index (χ3v) is 4.71. The van der Waals surface area contributed by atoms with Crippen LogP contribution in [0.15, 0.2) is 36.7 Å². The largest absolute Gasteiger partial charge is 0.465 e. The van der Waals surface area contributed by atoms with Gasteiger partial charge in [0.15, 0.2) is 0 Å². The van der Waals surface area contributed by atoms with Crippen molar-refractivity contribution in [2.75, 3.05) is 26.2 Å². The van der Waals surface area contributed by atoms with Crippen molar-refractivity contribution in [1.82, 2.24) is 14.8 Å². The summed E-state index contributed by atoms with van der Waals surface area (Å²) in [4.78, 5) is 18.9. The molecule has 1 saturated heterocycles. The number of hydrogen-bond acceptors (Lipinski definition) is 3. The van der Waals surface area contributed by atoms with Gasteiger partial charge in [-0.15, -0.1) is 0 Å². The summed E-state index contributed by atoms with van der Waals surface area (Å²) < 4.78 is 0. The van der Waals surface area contributed by atoms with Crippen LogP contribution in [0.4, 0.5) is 4.79 Å². The van der Waals surface area contributed by atoms with Crippen molar-refractivity contribution in [1.29, 1.82) is 0 Å². The fraction of sp³-hybridized carbons (Fsp3) is 0.368. The van der Waals surface area contributed by atoms with Crippen molar-refractivity contribution >= 4 is 6.09 Å². The molecule has 1 amide bonds. The molecule has 2 aromatic rings. The van der Waals surface area contributed by atoms with Gasteiger partial charge in [-0.3, -0.25) is 9.88 Å². The first-order valence-corrected chi connectivity index (χ1v) is 8.25. The number of carboxylic acid groups (broad SMARTS) is 1. The van der Waals surface area contributed by atoms with Crippen molar-refractivity contribution in [3.8, 4) is 11.1 Å². The first kappa shape index (κ1) is 16.5. The summed E-state index contributed by atoms with van der Waals surface area (Å²) in [7, 11) is 0. The molecule has 1 aromatic heterocycles. The Morgan fingerprint density at radius 2 is 1.88 bits per heavy atom. The van der Waals surface area contributed by atoms with E-state index in [1.807, 2.05) is 12.4 Å². The van der Waals surface area contributed by atoms with Crippen molar-refractivity contribution in [3.05, 3.63) is 53.3 Å². The Bertz CT molecular complexity index is 737.